The fraction of sp³-hybridized carbons (Fsp3) is 0.727. The summed E-state index contributed by atoms with van der Waals surface area (Å²) in [6, 6.07) is 1.24. The molecule has 14 heavy (non-hydrogen) atoms. The van der Waals surface area contributed by atoms with Crippen LogP contribution in [0.4, 0.5) is 0 Å². The smallest absolute Gasteiger partial charge is 0.0795 e. The van der Waals surface area contributed by atoms with Crippen molar-refractivity contribution in [1.29, 1.82) is 0 Å². The summed E-state index contributed by atoms with van der Waals surface area (Å²) in [5, 5.41) is 12.1. The maximum absolute atomic E-state index is 8.79. The van der Waals surface area contributed by atoms with Crippen LogP contribution in [-0.2, 0) is 0 Å². The minimum atomic E-state index is -1.01. The predicted octanol–water partition coefficient (Wildman–Crippen LogP) is 3.66. The highest BCUT2D eigenvalue weighted by molar-refractivity contribution is 6.76. The zero-order valence-electron chi connectivity index (χ0n) is 9.51. The first-order valence-corrected chi connectivity index (χ1v) is 9.12. The molecule has 0 amide bonds. The lowest BCUT2D eigenvalue weighted by atomic mass is 10.1. The monoisotopic (exact) mass is 211 g/mol. The number of nitrogens with zero attached hydrogens (tertiary/aromatic N) is 1. The van der Waals surface area contributed by atoms with Crippen LogP contribution in [0, 0.1) is 0 Å². The molecule has 0 aliphatic heterocycles. The van der Waals surface area contributed by atoms with Crippen LogP contribution in [0.15, 0.2) is 16.8 Å². The van der Waals surface area contributed by atoms with Gasteiger partial charge in [0.2, 0.25) is 0 Å². The maximum Gasteiger partial charge on any atom is 0.0795 e. The summed E-state index contributed by atoms with van der Waals surface area (Å²) in [5.74, 6) is 0. The molecule has 0 atom stereocenters. The van der Waals surface area contributed by atoms with Gasteiger partial charge in [-0.2, -0.15) is 0 Å². The first kappa shape index (κ1) is 11.5. The molecule has 0 unspecified atom stereocenters. The number of oxime groups is 1. The largest absolute Gasteiger partial charge is 0.411 e. The SMILES string of the molecule is C[Si](C)(C)CC1=C/C(=N\O)CCCC1. The van der Waals surface area contributed by atoms with Gasteiger partial charge in [-0.05, 0) is 37.8 Å². The van der Waals surface area contributed by atoms with Crippen LogP contribution in [0.1, 0.15) is 25.7 Å². The van der Waals surface area contributed by atoms with Crippen LogP contribution in [0.3, 0.4) is 0 Å². The lowest BCUT2D eigenvalue weighted by molar-refractivity contribution is 0.318. The van der Waals surface area contributed by atoms with Crippen molar-refractivity contribution in [3.8, 4) is 0 Å². The van der Waals surface area contributed by atoms with E-state index in [0.717, 1.165) is 18.6 Å². The van der Waals surface area contributed by atoms with Crippen LogP contribution in [-0.4, -0.2) is 19.0 Å². The van der Waals surface area contributed by atoms with E-state index in [9.17, 15) is 0 Å². The van der Waals surface area contributed by atoms with Crippen molar-refractivity contribution in [3.63, 3.8) is 0 Å². The van der Waals surface area contributed by atoms with Crippen LogP contribution >= 0.6 is 0 Å². The molecule has 0 aromatic rings. The van der Waals surface area contributed by atoms with Gasteiger partial charge in [0.1, 0.15) is 0 Å². The maximum atomic E-state index is 8.79. The Morgan fingerprint density at radius 3 is 2.50 bits per heavy atom. The van der Waals surface area contributed by atoms with E-state index < -0.39 is 8.07 Å². The second-order valence-electron chi connectivity index (χ2n) is 5.34. The second kappa shape index (κ2) is 4.78. The van der Waals surface area contributed by atoms with E-state index in [2.05, 4.69) is 30.9 Å². The Labute approximate surface area is 87.7 Å². The van der Waals surface area contributed by atoms with Gasteiger partial charge in [-0.15, -0.1) is 0 Å². The van der Waals surface area contributed by atoms with E-state index in [1.54, 1.807) is 0 Å². The van der Waals surface area contributed by atoms with Gasteiger partial charge in [-0.3, -0.25) is 0 Å². The molecule has 0 aromatic carbocycles. The molecule has 1 aliphatic rings. The lowest BCUT2D eigenvalue weighted by Crippen LogP contribution is -2.20. The molecular weight excluding hydrogens is 190 g/mol. The molecule has 1 rings (SSSR count). The van der Waals surface area contributed by atoms with Gasteiger partial charge in [0.25, 0.3) is 0 Å². The van der Waals surface area contributed by atoms with Gasteiger partial charge >= 0.3 is 0 Å². The van der Waals surface area contributed by atoms with Crippen molar-refractivity contribution in [2.24, 2.45) is 5.16 Å². The van der Waals surface area contributed by atoms with Gasteiger partial charge in [0.15, 0.2) is 0 Å². The number of allylic oxidation sites excluding steroid dienone is 2. The molecule has 1 N–H and O–H groups in total. The van der Waals surface area contributed by atoms with Crippen molar-refractivity contribution in [3.05, 3.63) is 11.6 Å². The normalized spacial score (nSPS) is 21.9. The molecule has 0 bridgehead atoms. The number of hydrogen-bond donors (Lipinski definition) is 1. The Kier molecular flexibility index (Phi) is 3.93. The topological polar surface area (TPSA) is 32.6 Å². The fourth-order valence-corrected chi connectivity index (χ4v) is 3.58. The van der Waals surface area contributed by atoms with E-state index in [-0.39, 0.29) is 0 Å². The Hall–Kier alpha value is -0.573. The van der Waals surface area contributed by atoms with Crippen molar-refractivity contribution in [1.82, 2.24) is 0 Å². The summed E-state index contributed by atoms with van der Waals surface area (Å²) >= 11 is 0. The summed E-state index contributed by atoms with van der Waals surface area (Å²) in [4.78, 5) is 0. The molecule has 0 spiro atoms. The minimum Gasteiger partial charge on any atom is -0.411 e. The molecule has 0 fully saturated rings. The van der Waals surface area contributed by atoms with Crippen LogP contribution in [0.5, 0.6) is 0 Å². The van der Waals surface area contributed by atoms with Crippen LogP contribution < -0.4 is 0 Å². The molecule has 0 aromatic heterocycles. The Morgan fingerprint density at radius 1 is 1.29 bits per heavy atom. The molecule has 80 valence electrons. The summed E-state index contributed by atoms with van der Waals surface area (Å²) in [6.45, 7) is 7.15. The van der Waals surface area contributed by atoms with Crippen molar-refractivity contribution < 1.29 is 5.21 Å². The van der Waals surface area contributed by atoms with Crippen LogP contribution in [0.25, 0.3) is 0 Å². The third-order valence-corrected chi connectivity index (χ3v) is 3.95. The molecule has 1 aliphatic carbocycles. The van der Waals surface area contributed by atoms with Crippen molar-refractivity contribution in [2.45, 2.75) is 51.4 Å². The van der Waals surface area contributed by atoms with Gasteiger partial charge in [0.05, 0.1) is 5.71 Å². The molecule has 0 radical (unpaired) electrons. The molecule has 0 saturated carbocycles. The zero-order valence-corrected chi connectivity index (χ0v) is 10.5. The molecule has 2 nitrogen and oxygen atoms in total. The molecule has 0 heterocycles. The lowest BCUT2D eigenvalue weighted by Gasteiger charge is -2.17. The average molecular weight is 211 g/mol. The summed E-state index contributed by atoms with van der Waals surface area (Å²) in [7, 11) is -1.01. The second-order valence-corrected chi connectivity index (χ2v) is 10.8. The van der Waals surface area contributed by atoms with E-state index >= 15 is 0 Å². The molecule has 3 heteroatoms. The predicted molar refractivity (Wildman–Crippen MR) is 63.9 cm³/mol. The standard InChI is InChI=1S/C11H21NOSi/c1-14(2,3)9-10-6-4-5-7-11(8-10)12-13/h8,13H,4-7,9H2,1-3H3/b12-11-. The van der Waals surface area contributed by atoms with E-state index in [1.165, 1.54) is 24.5 Å². The number of rotatable bonds is 2. The van der Waals surface area contributed by atoms with Crippen molar-refractivity contribution in [2.75, 3.05) is 0 Å². The third kappa shape index (κ3) is 4.09. The molecular formula is C11H21NOSi. The van der Waals surface area contributed by atoms with Gasteiger partial charge < -0.3 is 5.21 Å². The Morgan fingerprint density at radius 2 is 1.93 bits per heavy atom. The molecule has 0 saturated heterocycles. The van der Waals surface area contributed by atoms with E-state index in [4.69, 9.17) is 5.21 Å². The Bertz CT molecular complexity index is 251. The third-order valence-electron chi connectivity index (χ3n) is 2.44. The average Bonchev–Trinajstić information content (AvgIpc) is 2.26. The van der Waals surface area contributed by atoms with E-state index in [1.807, 2.05) is 0 Å². The van der Waals surface area contributed by atoms with Gasteiger partial charge in [0, 0.05) is 8.07 Å². The minimum absolute atomic E-state index is 0.871. The first-order chi connectivity index (χ1) is 6.51. The van der Waals surface area contributed by atoms with E-state index in [0.29, 0.717) is 0 Å². The van der Waals surface area contributed by atoms with Crippen LogP contribution in [0.2, 0.25) is 25.7 Å². The van der Waals surface area contributed by atoms with Gasteiger partial charge in [-0.1, -0.05) is 30.4 Å². The summed E-state index contributed by atoms with van der Waals surface area (Å²) in [5.41, 5.74) is 2.37. The van der Waals surface area contributed by atoms with Crippen molar-refractivity contribution >= 4 is 13.8 Å². The highest BCUT2D eigenvalue weighted by atomic mass is 28.3. The van der Waals surface area contributed by atoms with Gasteiger partial charge in [-0.25, -0.2) is 0 Å². The fourth-order valence-electron chi connectivity index (χ4n) is 1.94. The highest BCUT2D eigenvalue weighted by Crippen LogP contribution is 2.24. The zero-order chi connectivity index (χ0) is 10.6. The Balaban J connectivity index is 2.70. The summed E-state index contributed by atoms with van der Waals surface area (Å²) in [6.07, 6.45) is 6.65. The highest BCUT2D eigenvalue weighted by Gasteiger charge is 2.17. The number of hydrogen-bond acceptors (Lipinski definition) is 2. The first-order valence-electron chi connectivity index (χ1n) is 5.42. The summed E-state index contributed by atoms with van der Waals surface area (Å²) < 4.78 is 0. The quantitative estimate of drug-likeness (QED) is 0.422.